The van der Waals surface area contributed by atoms with Crippen LogP contribution < -0.4 is 44.0 Å². The Kier molecular flexibility index (Phi) is 44.5. The van der Waals surface area contributed by atoms with Crippen molar-refractivity contribution in [1.82, 2.24) is 0 Å². The summed E-state index contributed by atoms with van der Waals surface area (Å²) in [6.07, 6.45) is 0. The summed E-state index contributed by atoms with van der Waals surface area (Å²) in [4.78, 5) is 114. The van der Waals surface area contributed by atoms with Crippen LogP contribution in [0.5, 0.6) is 0 Å². The van der Waals surface area contributed by atoms with Crippen LogP contribution in [0.2, 0.25) is 0 Å². The van der Waals surface area contributed by atoms with Crippen LogP contribution in [0.25, 0.3) is 0 Å². The van der Waals surface area contributed by atoms with Crippen molar-refractivity contribution in [1.29, 1.82) is 0 Å². The summed E-state index contributed by atoms with van der Waals surface area (Å²) in [7, 11) is -30.7. The fourth-order valence-corrected chi connectivity index (χ4v) is 4.83. The molecule has 0 saturated carbocycles. The Balaban J connectivity index is -0.0000000337. The van der Waals surface area contributed by atoms with Crippen LogP contribution >= 0.6 is 45.6 Å². The fraction of sp³-hybridized carbons (Fsp3) is 1.00. The van der Waals surface area contributed by atoms with Crippen molar-refractivity contribution in [3.63, 3.8) is 0 Å². The summed E-state index contributed by atoms with van der Waals surface area (Å²) >= 11 is 0. The standard InChI is InChI=1S/3C2H8O6P2.4Al.3H2O/c3*1-2(9(3,4)5)10(6,7)8;;;;;;;/h3*2H,1H3,(H2,3,4,5)(H2,6,7,8);;;;;3*1H2/q;;;4*+3;;;/p-12. The van der Waals surface area contributed by atoms with E-state index in [0.29, 0.717) is 20.8 Å². The first-order valence-electron chi connectivity index (χ1n) is 6.62. The molecule has 0 aromatic rings. The van der Waals surface area contributed by atoms with Crippen molar-refractivity contribution in [2.24, 2.45) is 0 Å². The molecule has 0 aliphatic carbocycles. The van der Waals surface area contributed by atoms with Gasteiger partial charge in [0.1, 0.15) is 22.8 Å². The van der Waals surface area contributed by atoms with E-state index in [9.17, 15) is 71.4 Å². The average molecular weight is 720 g/mol. The summed E-state index contributed by atoms with van der Waals surface area (Å²) in [5, 5.41) is -6.71. The topological polar surface area (TPSA) is 461 Å². The second-order valence-corrected chi connectivity index (χ2v) is 17.7. The van der Waals surface area contributed by atoms with Gasteiger partial charge in [-0.1, -0.05) is 22.8 Å². The summed E-state index contributed by atoms with van der Waals surface area (Å²) in [6.45, 7) is 1.86. The van der Waals surface area contributed by atoms with Crippen LogP contribution in [0.1, 0.15) is 20.8 Å². The first kappa shape index (κ1) is 67.5. The van der Waals surface area contributed by atoms with Crippen LogP contribution in [-0.4, -0.2) is 117 Å². The molecule has 0 aromatic heterocycles. The van der Waals surface area contributed by atoms with Gasteiger partial charge in [-0.05, 0) is 20.8 Å². The molecule has 0 aliphatic heterocycles. The van der Waals surface area contributed by atoms with E-state index >= 15 is 0 Å². The first-order chi connectivity index (χ1) is 12.5. The van der Waals surface area contributed by atoms with Crippen LogP contribution in [0.3, 0.4) is 0 Å². The van der Waals surface area contributed by atoms with Gasteiger partial charge in [0.05, 0.1) is 0 Å². The zero-order valence-corrected chi connectivity index (χ0v) is 28.5. The molecule has 0 aliphatic rings. The Labute approximate surface area is 253 Å². The van der Waals surface area contributed by atoms with Crippen LogP contribution in [0, 0.1) is 0 Å². The van der Waals surface area contributed by atoms with Gasteiger partial charge in [-0.25, -0.2) is 0 Å². The van der Waals surface area contributed by atoms with Gasteiger partial charge >= 0.3 is 69.4 Å². The molecule has 0 heterocycles. The molecule has 0 aromatic carbocycles. The zero-order chi connectivity index (χ0) is 25.7. The van der Waals surface area contributed by atoms with Gasteiger partial charge in [0.15, 0.2) is 0 Å². The Morgan fingerprint density at radius 2 is 0.486 bits per heavy atom. The molecule has 6 unspecified atom stereocenters. The smallest absolute Gasteiger partial charge is 0.870 e. The Bertz CT molecular complexity index is 657. The van der Waals surface area contributed by atoms with E-state index < -0.39 is 61.8 Å². The zero-order valence-electron chi connectivity index (χ0n) is 18.5. The normalized spacial score (nSPS) is 17.6. The third-order valence-corrected chi connectivity index (χ3v) is 13.5. The van der Waals surface area contributed by atoms with Crippen molar-refractivity contribution < 1.29 is 103 Å². The molecule has 210 valence electrons. The third kappa shape index (κ3) is 35.0. The number of rotatable bonds is 6. The molecule has 6 N–H and O–H groups in total. The maximum atomic E-state index is 9.99. The molecule has 21 nitrogen and oxygen atoms in total. The molecule has 6 atom stereocenters. The summed E-state index contributed by atoms with van der Waals surface area (Å²) in [5.74, 6) is 0. The number of hydrogen-bond acceptors (Lipinski definition) is 18. The predicted molar refractivity (Wildman–Crippen MR) is 110 cm³/mol. The van der Waals surface area contributed by atoms with E-state index in [2.05, 4.69) is 0 Å². The summed E-state index contributed by atoms with van der Waals surface area (Å²) in [5.41, 5.74) is 0. The first-order valence-corrected chi connectivity index (χ1v) is 16.4. The van der Waals surface area contributed by atoms with Gasteiger partial charge in [0.2, 0.25) is 0 Å². The average Bonchev–Trinajstić information content (AvgIpc) is 2.40. The van der Waals surface area contributed by atoms with Crippen molar-refractivity contribution >= 4 is 115 Å². The molecular formula is C6H18Al4O21P6. The maximum Gasteiger partial charge on any atom is 3.00 e. The van der Waals surface area contributed by atoms with Crippen LogP contribution in [-0.2, 0) is 27.4 Å². The second-order valence-electron chi connectivity index (χ2n) is 5.21. The minimum absolute atomic E-state index is 0. The van der Waals surface area contributed by atoms with Crippen molar-refractivity contribution in [2.75, 3.05) is 0 Å². The fourth-order valence-electron chi connectivity index (χ4n) is 0.536. The van der Waals surface area contributed by atoms with Gasteiger partial charge < -0.3 is 103 Å². The minimum atomic E-state index is -5.20. The second kappa shape index (κ2) is 24.4. The third-order valence-electron chi connectivity index (χ3n) is 2.79. The summed E-state index contributed by atoms with van der Waals surface area (Å²) in [6, 6.07) is 0. The SMILES string of the molecule is CC(P(=O)([O-])[O-])P(=O)([O-])O.CC(P(=O)([O-])[O-])P(=O)([O-])O.CC(P(=O)([O-])[O-])P(=O)([O-])O.[Al+3].[Al+3].[Al+3].[Al+3].[OH-].[OH-].[OH-]. The monoisotopic (exact) mass is 720 g/mol. The Morgan fingerprint density at radius 1 is 0.405 bits per heavy atom. The van der Waals surface area contributed by atoms with Crippen LogP contribution in [0.15, 0.2) is 0 Å². The largest absolute Gasteiger partial charge is 3.00 e. The molecule has 0 radical (unpaired) electrons. The molecule has 0 bridgehead atoms. The van der Waals surface area contributed by atoms with Crippen molar-refractivity contribution in [3.05, 3.63) is 0 Å². The van der Waals surface area contributed by atoms with Gasteiger partial charge in [-0.15, -0.1) is 0 Å². The van der Waals surface area contributed by atoms with E-state index in [-0.39, 0.29) is 85.9 Å². The van der Waals surface area contributed by atoms with Crippen molar-refractivity contribution in [3.8, 4) is 0 Å². The molecule has 0 fully saturated rings. The predicted octanol–water partition coefficient (Wildman–Crippen LogP) is -8.68. The number of hydrogen-bond donors (Lipinski definition) is 3. The Hall–Kier alpha value is 2.91. The quantitative estimate of drug-likeness (QED) is 0.169. The van der Waals surface area contributed by atoms with Crippen LogP contribution in [0.4, 0.5) is 0 Å². The molecule has 0 spiro atoms. The van der Waals surface area contributed by atoms with Crippen molar-refractivity contribution in [2.45, 2.75) is 37.0 Å². The molecule has 37 heavy (non-hydrogen) atoms. The molecule has 0 rings (SSSR count). The van der Waals surface area contributed by atoms with Gasteiger partial charge in [0.25, 0.3) is 0 Å². The van der Waals surface area contributed by atoms with Gasteiger partial charge in [-0.2, -0.15) is 0 Å². The van der Waals surface area contributed by atoms with Gasteiger partial charge in [0, 0.05) is 16.2 Å². The summed E-state index contributed by atoms with van der Waals surface area (Å²) < 4.78 is 59.7. The van der Waals surface area contributed by atoms with E-state index in [4.69, 9.17) is 14.7 Å². The molecule has 0 amide bonds. The van der Waals surface area contributed by atoms with Gasteiger partial charge in [-0.3, -0.25) is 0 Å². The minimum Gasteiger partial charge on any atom is -0.870 e. The maximum absolute atomic E-state index is 9.99. The Morgan fingerprint density at radius 3 is 0.486 bits per heavy atom. The molecular weight excluding hydrogens is 702 g/mol. The van der Waals surface area contributed by atoms with E-state index in [1.54, 1.807) is 0 Å². The van der Waals surface area contributed by atoms with E-state index in [1.807, 2.05) is 0 Å². The van der Waals surface area contributed by atoms with E-state index in [1.165, 1.54) is 0 Å². The molecule has 31 heteroatoms. The van der Waals surface area contributed by atoms with E-state index in [0.717, 1.165) is 0 Å². The molecule has 0 saturated heterocycles.